The molecule has 1 nitrogen and oxygen atoms in total. The summed E-state index contributed by atoms with van der Waals surface area (Å²) < 4.78 is 26.6. The Morgan fingerprint density at radius 1 is 1.00 bits per heavy atom. The normalized spacial score (nSPS) is 10.3. The molecule has 17 heavy (non-hydrogen) atoms. The van der Waals surface area contributed by atoms with E-state index in [-0.39, 0.29) is 11.6 Å². The first-order valence-electron chi connectivity index (χ1n) is 5.40. The van der Waals surface area contributed by atoms with Crippen LogP contribution in [0.25, 0.3) is 0 Å². The van der Waals surface area contributed by atoms with Gasteiger partial charge < -0.3 is 5.32 Å². The zero-order valence-corrected chi connectivity index (χ0v) is 9.50. The van der Waals surface area contributed by atoms with Crippen LogP contribution < -0.4 is 5.32 Å². The van der Waals surface area contributed by atoms with Crippen LogP contribution in [0.3, 0.4) is 0 Å². The number of para-hydroxylation sites is 1. The Hall–Kier alpha value is -1.90. The van der Waals surface area contributed by atoms with Crippen molar-refractivity contribution in [1.82, 2.24) is 0 Å². The molecule has 0 saturated carbocycles. The van der Waals surface area contributed by atoms with Crippen LogP contribution in [-0.4, -0.2) is 0 Å². The van der Waals surface area contributed by atoms with Gasteiger partial charge >= 0.3 is 0 Å². The molecule has 0 saturated heterocycles. The molecule has 0 aliphatic heterocycles. The number of aryl methyl sites for hydroxylation is 1. The zero-order chi connectivity index (χ0) is 12.3. The van der Waals surface area contributed by atoms with Crippen molar-refractivity contribution in [2.24, 2.45) is 0 Å². The van der Waals surface area contributed by atoms with Crippen LogP contribution in [0.5, 0.6) is 0 Å². The lowest BCUT2D eigenvalue weighted by Gasteiger charge is -2.08. The number of rotatable bonds is 3. The molecule has 2 aromatic rings. The van der Waals surface area contributed by atoms with Crippen molar-refractivity contribution in [2.75, 3.05) is 5.32 Å². The van der Waals surface area contributed by atoms with Gasteiger partial charge in [-0.15, -0.1) is 0 Å². The molecule has 0 fully saturated rings. The average molecular weight is 233 g/mol. The van der Waals surface area contributed by atoms with Crippen molar-refractivity contribution in [2.45, 2.75) is 13.5 Å². The predicted molar refractivity (Wildman–Crippen MR) is 64.9 cm³/mol. The van der Waals surface area contributed by atoms with Crippen LogP contribution in [0, 0.1) is 18.6 Å². The summed E-state index contributed by atoms with van der Waals surface area (Å²) in [6.07, 6.45) is 0. The van der Waals surface area contributed by atoms with E-state index in [1.807, 2.05) is 6.07 Å². The summed E-state index contributed by atoms with van der Waals surface area (Å²) in [5.41, 5.74) is 1.82. The van der Waals surface area contributed by atoms with Gasteiger partial charge in [0.05, 0.1) is 5.69 Å². The van der Waals surface area contributed by atoms with E-state index < -0.39 is 0 Å². The van der Waals surface area contributed by atoms with Crippen molar-refractivity contribution < 1.29 is 8.78 Å². The molecule has 2 aromatic carbocycles. The van der Waals surface area contributed by atoms with Crippen LogP contribution in [0.15, 0.2) is 42.5 Å². The summed E-state index contributed by atoms with van der Waals surface area (Å²) in [5, 5.41) is 2.93. The molecular formula is C14H13F2N. The predicted octanol–water partition coefficient (Wildman–Crippen LogP) is 3.89. The molecule has 0 spiro atoms. The largest absolute Gasteiger partial charge is 0.379 e. The van der Waals surface area contributed by atoms with Gasteiger partial charge in [0.15, 0.2) is 0 Å². The van der Waals surface area contributed by atoms with Gasteiger partial charge in [0.25, 0.3) is 0 Å². The maximum atomic E-state index is 13.3. The van der Waals surface area contributed by atoms with E-state index in [4.69, 9.17) is 0 Å². The van der Waals surface area contributed by atoms with E-state index in [0.29, 0.717) is 17.8 Å². The molecule has 0 bridgehead atoms. The topological polar surface area (TPSA) is 12.0 Å². The minimum Gasteiger partial charge on any atom is -0.379 e. The van der Waals surface area contributed by atoms with Crippen LogP contribution in [-0.2, 0) is 6.54 Å². The highest BCUT2D eigenvalue weighted by molar-refractivity contribution is 5.45. The van der Waals surface area contributed by atoms with E-state index >= 15 is 0 Å². The number of benzene rings is 2. The van der Waals surface area contributed by atoms with Crippen LogP contribution >= 0.6 is 0 Å². The third kappa shape index (κ3) is 2.81. The third-order valence-corrected chi connectivity index (χ3v) is 2.59. The van der Waals surface area contributed by atoms with Crippen molar-refractivity contribution in [3.8, 4) is 0 Å². The Morgan fingerprint density at radius 2 is 1.76 bits per heavy atom. The van der Waals surface area contributed by atoms with Crippen molar-refractivity contribution in [1.29, 1.82) is 0 Å². The number of anilines is 1. The van der Waals surface area contributed by atoms with E-state index in [9.17, 15) is 8.78 Å². The minimum absolute atomic E-state index is 0.238. The molecule has 88 valence electrons. The van der Waals surface area contributed by atoms with Gasteiger partial charge in [-0.05, 0) is 36.2 Å². The van der Waals surface area contributed by atoms with E-state index in [1.54, 1.807) is 31.2 Å². The number of halogens is 2. The van der Waals surface area contributed by atoms with Gasteiger partial charge in [-0.25, -0.2) is 8.78 Å². The number of hydrogen-bond acceptors (Lipinski definition) is 1. The highest BCUT2D eigenvalue weighted by Gasteiger charge is 2.02. The van der Waals surface area contributed by atoms with Gasteiger partial charge in [-0.2, -0.15) is 0 Å². The first-order chi connectivity index (χ1) is 8.16. The van der Waals surface area contributed by atoms with Crippen molar-refractivity contribution in [3.05, 3.63) is 65.2 Å². The summed E-state index contributed by atoms with van der Waals surface area (Å²) in [5.74, 6) is -0.544. The maximum absolute atomic E-state index is 13.3. The standard InChI is InChI=1S/C14H13F2N/c1-10-6-7-11(8-13(10)16)9-17-14-5-3-2-4-12(14)15/h2-8,17H,9H2,1H3. The van der Waals surface area contributed by atoms with Gasteiger partial charge in [0, 0.05) is 6.54 Å². The summed E-state index contributed by atoms with van der Waals surface area (Å²) in [6.45, 7) is 2.11. The molecule has 0 amide bonds. The highest BCUT2D eigenvalue weighted by Crippen LogP contribution is 2.15. The Labute approximate surface area is 99.1 Å². The van der Waals surface area contributed by atoms with Gasteiger partial charge in [-0.3, -0.25) is 0 Å². The SMILES string of the molecule is Cc1ccc(CNc2ccccc2F)cc1F. The fraction of sp³-hybridized carbons (Fsp3) is 0.143. The first-order valence-corrected chi connectivity index (χ1v) is 5.40. The molecule has 0 aliphatic carbocycles. The lowest BCUT2D eigenvalue weighted by Crippen LogP contribution is -2.01. The molecule has 1 N–H and O–H groups in total. The summed E-state index contributed by atoms with van der Waals surface area (Å²) >= 11 is 0. The van der Waals surface area contributed by atoms with Crippen molar-refractivity contribution >= 4 is 5.69 Å². The fourth-order valence-corrected chi connectivity index (χ4v) is 1.55. The van der Waals surface area contributed by atoms with Gasteiger partial charge in [0.2, 0.25) is 0 Å². The van der Waals surface area contributed by atoms with E-state index in [0.717, 1.165) is 5.56 Å². The highest BCUT2D eigenvalue weighted by atomic mass is 19.1. The van der Waals surface area contributed by atoms with Crippen molar-refractivity contribution in [3.63, 3.8) is 0 Å². The first kappa shape index (κ1) is 11.6. The zero-order valence-electron chi connectivity index (χ0n) is 9.50. The summed E-state index contributed by atoms with van der Waals surface area (Å²) in [6, 6.07) is 11.4. The molecule has 2 rings (SSSR count). The molecule has 3 heteroatoms. The molecule has 0 heterocycles. The Kier molecular flexibility index (Phi) is 3.38. The number of nitrogens with one attached hydrogen (secondary N) is 1. The van der Waals surface area contributed by atoms with E-state index in [1.165, 1.54) is 12.1 Å². The van der Waals surface area contributed by atoms with Gasteiger partial charge in [0.1, 0.15) is 11.6 Å². The Morgan fingerprint density at radius 3 is 2.47 bits per heavy atom. The Bertz CT molecular complexity index is 523. The van der Waals surface area contributed by atoms with Gasteiger partial charge in [-0.1, -0.05) is 24.3 Å². The lowest BCUT2D eigenvalue weighted by atomic mass is 10.1. The molecular weight excluding hydrogens is 220 g/mol. The molecule has 0 radical (unpaired) electrons. The fourth-order valence-electron chi connectivity index (χ4n) is 1.55. The second-order valence-electron chi connectivity index (χ2n) is 3.92. The van der Waals surface area contributed by atoms with Crippen LogP contribution in [0.1, 0.15) is 11.1 Å². The second-order valence-corrected chi connectivity index (χ2v) is 3.92. The summed E-state index contributed by atoms with van der Waals surface area (Å²) in [7, 11) is 0. The quantitative estimate of drug-likeness (QED) is 0.848. The monoisotopic (exact) mass is 233 g/mol. The van der Waals surface area contributed by atoms with Crippen LogP contribution in [0.4, 0.5) is 14.5 Å². The lowest BCUT2D eigenvalue weighted by molar-refractivity contribution is 0.616. The molecule has 0 atom stereocenters. The second kappa shape index (κ2) is 4.95. The van der Waals surface area contributed by atoms with E-state index in [2.05, 4.69) is 5.32 Å². The molecule has 0 unspecified atom stereocenters. The molecule has 0 aromatic heterocycles. The smallest absolute Gasteiger partial charge is 0.146 e. The van der Waals surface area contributed by atoms with Crippen LogP contribution in [0.2, 0.25) is 0 Å². The average Bonchev–Trinajstić information content (AvgIpc) is 2.32. The Balaban J connectivity index is 2.08. The maximum Gasteiger partial charge on any atom is 0.146 e. The number of hydrogen-bond donors (Lipinski definition) is 1. The minimum atomic E-state index is -0.305. The third-order valence-electron chi connectivity index (χ3n) is 2.59. The summed E-state index contributed by atoms with van der Waals surface area (Å²) in [4.78, 5) is 0. The molecule has 0 aliphatic rings.